The van der Waals surface area contributed by atoms with Crippen LogP contribution < -0.4 is 11.2 Å². The molecule has 11 heteroatoms. The smallest absolute Gasteiger partial charge is 0.330 e. The van der Waals surface area contributed by atoms with Crippen molar-refractivity contribution in [2.24, 2.45) is 0 Å². The van der Waals surface area contributed by atoms with Crippen LogP contribution in [0.4, 0.5) is 0 Å². The quantitative estimate of drug-likeness (QED) is 0.0523. The topological polar surface area (TPSA) is 137 Å². The molecule has 1 aliphatic rings. The molecule has 2 N–H and O–H groups in total. The van der Waals surface area contributed by atoms with Gasteiger partial charge in [-0.05, 0) is 30.4 Å². The van der Waals surface area contributed by atoms with E-state index in [2.05, 4.69) is 18.8 Å². The number of esters is 2. The minimum absolute atomic E-state index is 0.164. The number of aliphatic hydroxyl groups excluding tert-OH is 1. The maximum absolute atomic E-state index is 13.4. The molecule has 0 saturated carbocycles. The monoisotopic (exact) mass is 796 g/mol. The molecule has 0 radical (unpaired) electrons. The van der Waals surface area contributed by atoms with E-state index in [0.29, 0.717) is 17.7 Å². The van der Waals surface area contributed by atoms with Gasteiger partial charge >= 0.3 is 17.6 Å². The van der Waals surface area contributed by atoms with Crippen LogP contribution in [0.1, 0.15) is 174 Å². The number of thiophene rings is 1. The van der Waals surface area contributed by atoms with Gasteiger partial charge in [-0.1, -0.05) is 160 Å². The van der Waals surface area contributed by atoms with Crippen molar-refractivity contribution in [2.45, 2.75) is 192 Å². The summed E-state index contributed by atoms with van der Waals surface area (Å²) >= 11 is 1.42. The first-order valence-electron chi connectivity index (χ1n) is 21.9. The first-order valence-corrected chi connectivity index (χ1v) is 22.7. The van der Waals surface area contributed by atoms with Crippen LogP contribution in [0.15, 0.2) is 46.1 Å². The number of nitrogens with zero attached hydrogens (tertiary/aromatic N) is 1. The second-order valence-electron chi connectivity index (χ2n) is 15.6. The minimum atomic E-state index is -1.24. The van der Waals surface area contributed by atoms with Crippen LogP contribution in [0.25, 0.3) is 20.5 Å². The Morgan fingerprint density at radius 3 is 1.70 bits per heavy atom. The summed E-state index contributed by atoms with van der Waals surface area (Å²) in [5.41, 5.74) is -1.08. The van der Waals surface area contributed by atoms with E-state index in [1.54, 1.807) is 0 Å². The lowest BCUT2D eigenvalue weighted by atomic mass is 10.1. The van der Waals surface area contributed by atoms with Crippen LogP contribution in [-0.2, 0) is 23.8 Å². The third-order valence-electron chi connectivity index (χ3n) is 10.9. The Hall–Kier alpha value is -3.28. The Morgan fingerprint density at radius 2 is 1.20 bits per heavy atom. The summed E-state index contributed by atoms with van der Waals surface area (Å²) in [5, 5.41) is 11.3. The zero-order chi connectivity index (χ0) is 40.0. The van der Waals surface area contributed by atoms with Crippen molar-refractivity contribution in [3.8, 4) is 10.4 Å². The van der Waals surface area contributed by atoms with Gasteiger partial charge in [0.2, 0.25) is 0 Å². The van der Waals surface area contributed by atoms with Gasteiger partial charge in [-0.15, -0.1) is 11.3 Å². The zero-order valence-electron chi connectivity index (χ0n) is 34.1. The normalized spacial score (nSPS) is 18.1. The number of aliphatic hydroxyl groups is 1. The predicted octanol–water partition coefficient (Wildman–Crippen LogP) is 10.5. The molecule has 0 spiro atoms. The first-order chi connectivity index (χ1) is 27.4. The molecular weight excluding hydrogens is 729 g/mol. The van der Waals surface area contributed by atoms with Crippen LogP contribution in [-0.4, -0.2) is 51.5 Å². The molecule has 2 aromatic heterocycles. The van der Waals surface area contributed by atoms with E-state index >= 15 is 0 Å². The van der Waals surface area contributed by atoms with Gasteiger partial charge in [-0.3, -0.25) is 23.9 Å². The summed E-state index contributed by atoms with van der Waals surface area (Å²) < 4.78 is 20.2. The number of H-pyrrole nitrogens is 1. The van der Waals surface area contributed by atoms with Gasteiger partial charge in [0, 0.05) is 28.6 Å². The number of carbonyl (C=O) groups is 2. The lowest BCUT2D eigenvalue weighted by Gasteiger charge is -2.25. The van der Waals surface area contributed by atoms with Crippen LogP contribution in [0.5, 0.6) is 0 Å². The highest BCUT2D eigenvalue weighted by Crippen LogP contribution is 2.36. The lowest BCUT2D eigenvalue weighted by Crippen LogP contribution is -2.42. The maximum Gasteiger partial charge on any atom is 0.330 e. The van der Waals surface area contributed by atoms with Gasteiger partial charge in [0.15, 0.2) is 18.4 Å². The number of hydrogen-bond donors (Lipinski definition) is 2. The molecule has 0 bridgehead atoms. The number of rotatable bonds is 29. The molecule has 56 heavy (non-hydrogen) atoms. The average molecular weight is 797 g/mol. The Labute approximate surface area is 337 Å². The molecule has 4 rings (SSSR count). The SMILES string of the molecule is CCCCCCCCCCCCCC(=O)O[C@@H]1[C@H](OC(=O)CCCCCCCCCCCCC)[C@@H](CO)O[C@H]1n1cc(-c2cc3ccccc3s2)c(=O)[nH]c1=O. The zero-order valence-corrected chi connectivity index (χ0v) is 34.9. The molecule has 312 valence electrons. The molecule has 0 aliphatic carbocycles. The summed E-state index contributed by atoms with van der Waals surface area (Å²) in [4.78, 5) is 56.1. The van der Waals surface area contributed by atoms with Gasteiger partial charge < -0.3 is 19.3 Å². The van der Waals surface area contributed by atoms with Gasteiger partial charge in [-0.2, -0.15) is 0 Å². The van der Waals surface area contributed by atoms with Crippen LogP contribution in [0, 0.1) is 0 Å². The number of unbranched alkanes of at least 4 members (excludes halogenated alkanes) is 20. The standard InChI is InChI=1S/C45H68N2O8S/c1-3-5-7-9-11-13-15-17-19-21-23-29-39(49)54-41-36(33-48)53-44(42(41)55-40(50)30-24-22-20-18-16-14-12-10-8-6-4-2)47-32-35(43(51)46-45(47)52)38-31-34-27-25-26-28-37(34)56-38/h25-28,31-32,36,41-42,44,48H,3-24,29-30,33H2,1-2H3,(H,46,51,52)/t36-,41-,42-,44-/m1/s1. The average Bonchev–Trinajstić information content (AvgIpc) is 3.77. The minimum Gasteiger partial charge on any atom is -0.455 e. The van der Waals surface area contributed by atoms with Crippen molar-refractivity contribution in [3.05, 3.63) is 57.4 Å². The molecule has 1 aliphatic heterocycles. The molecule has 3 heterocycles. The molecule has 10 nitrogen and oxygen atoms in total. The second kappa shape index (κ2) is 25.9. The van der Waals surface area contributed by atoms with Crippen molar-refractivity contribution < 1.29 is 28.9 Å². The number of carbonyl (C=O) groups excluding carboxylic acids is 2. The highest BCUT2D eigenvalue weighted by molar-refractivity contribution is 7.22. The molecule has 1 saturated heterocycles. The highest BCUT2D eigenvalue weighted by atomic mass is 32.1. The summed E-state index contributed by atoms with van der Waals surface area (Å²) in [7, 11) is 0. The number of benzene rings is 1. The molecule has 0 amide bonds. The number of aromatic nitrogens is 2. The van der Waals surface area contributed by atoms with Gasteiger partial charge in [0.25, 0.3) is 5.56 Å². The Balaban J connectivity index is 1.39. The van der Waals surface area contributed by atoms with Gasteiger partial charge in [-0.25, -0.2) is 4.79 Å². The largest absolute Gasteiger partial charge is 0.455 e. The predicted molar refractivity (Wildman–Crippen MR) is 225 cm³/mol. The number of fused-ring (bicyclic) bond motifs is 1. The van der Waals surface area contributed by atoms with Gasteiger partial charge in [0.1, 0.15) is 6.10 Å². The first kappa shape index (κ1) is 45.4. The molecule has 0 unspecified atom stereocenters. The second-order valence-corrected chi connectivity index (χ2v) is 16.7. The molecule has 4 atom stereocenters. The summed E-state index contributed by atoms with van der Waals surface area (Å²) in [6.45, 7) is 3.93. The van der Waals surface area contributed by atoms with Crippen molar-refractivity contribution >= 4 is 33.4 Å². The third kappa shape index (κ3) is 14.9. The van der Waals surface area contributed by atoms with Crippen LogP contribution >= 0.6 is 11.3 Å². The van der Waals surface area contributed by atoms with E-state index in [9.17, 15) is 24.3 Å². The van der Waals surface area contributed by atoms with Crippen molar-refractivity contribution in [1.82, 2.24) is 9.55 Å². The fraction of sp³-hybridized carbons (Fsp3) is 0.689. The third-order valence-corrected chi connectivity index (χ3v) is 12.1. The van der Waals surface area contributed by atoms with Crippen molar-refractivity contribution in [2.75, 3.05) is 6.61 Å². The Bertz CT molecular complexity index is 1670. The van der Waals surface area contributed by atoms with Crippen LogP contribution in [0.2, 0.25) is 0 Å². The fourth-order valence-electron chi connectivity index (χ4n) is 7.60. The van der Waals surface area contributed by atoms with E-state index in [1.165, 1.54) is 112 Å². The Morgan fingerprint density at radius 1 is 0.714 bits per heavy atom. The number of hydrogen-bond acceptors (Lipinski definition) is 9. The lowest BCUT2D eigenvalue weighted by molar-refractivity contribution is -0.169. The van der Waals surface area contributed by atoms with E-state index in [0.717, 1.165) is 48.6 Å². The number of nitrogens with one attached hydrogen (secondary N) is 1. The summed E-state index contributed by atoms with van der Waals surface area (Å²) in [5.74, 6) is -0.966. The number of ether oxygens (including phenoxy) is 3. The van der Waals surface area contributed by atoms with E-state index < -0.39 is 54.3 Å². The van der Waals surface area contributed by atoms with Gasteiger partial charge in [0.05, 0.1) is 12.2 Å². The van der Waals surface area contributed by atoms with Crippen LogP contribution in [0.3, 0.4) is 0 Å². The highest BCUT2D eigenvalue weighted by Gasteiger charge is 2.50. The summed E-state index contributed by atoms with van der Waals surface area (Å²) in [6, 6.07) is 9.63. The van der Waals surface area contributed by atoms with Crippen molar-refractivity contribution in [1.29, 1.82) is 0 Å². The van der Waals surface area contributed by atoms with E-state index in [-0.39, 0.29) is 18.4 Å². The molecule has 1 aromatic carbocycles. The van der Waals surface area contributed by atoms with E-state index in [1.807, 2.05) is 30.3 Å². The van der Waals surface area contributed by atoms with Crippen molar-refractivity contribution in [3.63, 3.8) is 0 Å². The fourth-order valence-corrected chi connectivity index (χ4v) is 8.67. The van der Waals surface area contributed by atoms with E-state index in [4.69, 9.17) is 14.2 Å². The molecule has 3 aromatic rings. The number of aromatic amines is 1. The Kier molecular flexibility index (Phi) is 21.0. The maximum atomic E-state index is 13.4. The summed E-state index contributed by atoms with van der Waals surface area (Å²) in [6.07, 6.45) is 22.4. The molecular formula is C45H68N2O8S. The molecule has 1 fully saturated rings.